The molecule has 0 amide bonds. The second kappa shape index (κ2) is 6.36. The zero-order valence-corrected chi connectivity index (χ0v) is 11.7. The van der Waals surface area contributed by atoms with Crippen LogP contribution in [0.25, 0.3) is 0 Å². The van der Waals surface area contributed by atoms with E-state index in [-0.39, 0.29) is 0 Å². The molecule has 0 bridgehead atoms. The molecule has 0 spiro atoms. The van der Waals surface area contributed by atoms with Gasteiger partial charge in [0.25, 0.3) is 0 Å². The van der Waals surface area contributed by atoms with Crippen molar-refractivity contribution in [2.45, 2.75) is 19.4 Å². The van der Waals surface area contributed by atoms with Crippen molar-refractivity contribution in [3.05, 3.63) is 22.8 Å². The average Bonchev–Trinajstić information content (AvgIpc) is 2.88. The number of hydrogen-bond donors (Lipinski definition) is 1. The molecule has 18 heavy (non-hydrogen) atoms. The normalized spacial score (nSPS) is 16.2. The molecule has 2 N–H and O–H groups in total. The number of likely N-dealkylation sites (tertiary alicyclic amines) is 1. The van der Waals surface area contributed by atoms with E-state index in [1.807, 2.05) is 13.1 Å². The summed E-state index contributed by atoms with van der Waals surface area (Å²) in [5.74, 6) is 0.841. The number of likely N-dealkylation sites (N-methyl/N-ethyl adjacent to an activating group) is 1. The first-order chi connectivity index (χ1) is 8.70. The third-order valence-corrected chi connectivity index (χ3v) is 3.70. The van der Waals surface area contributed by atoms with E-state index in [9.17, 15) is 0 Å². The van der Waals surface area contributed by atoms with Crippen molar-refractivity contribution < 1.29 is 0 Å². The van der Waals surface area contributed by atoms with Crippen LogP contribution in [0.15, 0.2) is 12.3 Å². The van der Waals surface area contributed by atoms with Crippen LogP contribution in [0.1, 0.15) is 18.4 Å². The monoisotopic (exact) mass is 268 g/mol. The van der Waals surface area contributed by atoms with Crippen LogP contribution in [-0.2, 0) is 6.54 Å². The van der Waals surface area contributed by atoms with Gasteiger partial charge in [-0.05, 0) is 37.6 Å². The Hall–Kier alpha value is -0.840. The van der Waals surface area contributed by atoms with Gasteiger partial charge in [0.05, 0.1) is 5.02 Å². The standard InChI is InChI=1S/C13H21ClN4/c1-17(6-7-18-4-2-3-5-18)13-12(14)8-11(9-15)10-16-13/h8,10H,2-7,9,15H2,1H3. The van der Waals surface area contributed by atoms with Crippen molar-refractivity contribution in [3.63, 3.8) is 0 Å². The number of rotatable bonds is 5. The molecule has 0 aliphatic carbocycles. The Balaban J connectivity index is 1.93. The van der Waals surface area contributed by atoms with E-state index in [4.69, 9.17) is 17.3 Å². The topological polar surface area (TPSA) is 45.4 Å². The fraction of sp³-hybridized carbons (Fsp3) is 0.615. The molecule has 0 atom stereocenters. The number of halogens is 1. The maximum absolute atomic E-state index is 6.23. The van der Waals surface area contributed by atoms with Crippen molar-refractivity contribution in [2.24, 2.45) is 5.73 Å². The minimum atomic E-state index is 0.477. The Labute approximate surface area is 114 Å². The Kier molecular flexibility index (Phi) is 4.80. The molecule has 0 aromatic carbocycles. The molecule has 1 saturated heterocycles. The zero-order chi connectivity index (χ0) is 13.0. The van der Waals surface area contributed by atoms with E-state index >= 15 is 0 Å². The maximum atomic E-state index is 6.23. The lowest BCUT2D eigenvalue weighted by Gasteiger charge is -2.23. The lowest BCUT2D eigenvalue weighted by Crippen LogP contribution is -2.31. The number of anilines is 1. The van der Waals surface area contributed by atoms with Gasteiger partial charge in [0, 0.05) is 32.9 Å². The number of pyridine rings is 1. The van der Waals surface area contributed by atoms with E-state index in [0.717, 1.165) is 24.5 Å². The van der Waals surface area contributed by atoms with Crippen LogP contribution in [0.4, 0.5) is 5.82 Å². The lowest BCUT2D eigenvalue weighted by molar-refractivity contribution is 0.346. The molecule has 0 unspecified atom stereocenters. The molecule has 5 heteroatoms. The highest BCUT2D eigenvalue weighted by atomic mass is 35.5. The third kappa shape index (κ3) is 3.34. The molecular formula is C13H21ClN4. The van der Waals surface area contributed by atoms with Gasteiger partial charge < -0.3 is 15.5 Å². The summed E-state index contributed by atoms with van der Waals surface area (Å²) in [5, 5.41) is 0.682. The van der Waals surface area contributed by atoms with Crippen molar-refractivity contribution in [1.29, 1.82) is 0 Å². The molecule has 0 radical (unpaired) electrons. The quantitative estimate of drug-likeness (QED) is 0.883. The Morgan fingerprint density at radius 3 is 2.78 bits per heavy atom. The molecule has 2 rings (SSSR count). The fourth-order valence-electron chi connectivity index (χ4n) is 2.27. The van der Waals surface area contributed by atoms with Crippen LogP contribution in [0.2, 0.25) is 5.02 Å². The second-order valence-electron chi connectivity index (χ2n) is 4.82. The van der Waals surface area contributed by atoms with Gasteiger partial charge in [0.15, 0.2) is 0 Å². The van der Waals surface area contributed by atoms with Crippen LogP contribution in [0.3, 0.4) is 0 Å². The highest BCUT2D eigenvalue weighted by Crippen LogP contribution is 2.23. The highest BCUT2D eigenvalue weighted by molar-refractivity contribution is 6.33. The first-order valence-electron chi connectivity index (χ1n) is 6.48. The van der Waals surface area contributed by atoms with Crippen molar-refractivity contribution >= 4 is 17.4 Å². The number of nitrogens with two attached hydrogens (primary N) is 1. The first kappa shape index (κ1) is 13.6. The molecule has 1 aromatic heterocycles. The first-order valence-corrected chi connectivity index (χ1v) is 6.86. The Morgan fingerprint density at radius 1 is 1.44 bits per heavy atom. The molecule has 2 heterocycles. The maximum Gasteiger partial charge on any atom is 0.147 e. The van der Waals surface area contributed by atoms with Gasteiger partial charge in [-0.1, -0.05) is 11.6 Å². The van der Waals surface area contributed by atoms with Crippen LogP contribution in [0.5, 0.6) is 0 Å². The summed E-state index contributed by atoms with van der Waals surface area (Å²) in [6, 6.07) is 1.90. The SMILES string of the molecule is CN(CCN1CCCC1)c1ncc(CN)cc1Cl. The van der Waals surface area contributed by atoms with Gasteiger partial charge in [0.1, 0.15) is 5.82 Å². The minimum Gasteiger partial charge on any atom is -0.357 e. The molecule has 4 nitrogen and oxygen atoms in total. The molecule has 1 aliphatic heterocycles. The zero-order valence-electron chi connectivity index (χ0n) is 10.9. The fourth-order valence-corrected chi connectivity index (χ4v) is 2.60. The highest BCUT2D eigenvalue weighted by Gasteiger charge is 2.13. The van der Waals surface area contributed by atoms with Gasteiger partial charge >= 0.3 is 0 Å². The van der Waals surface area contributed by atoms with Crippen LogP contribution < -0.4 is 10.6 Å². The Morgan fingerprint density at radius 2 is 2.17 bits per heavy atom. The van der Waals surface area contributed by atoms with Gasteiger partial charge in [-0.2, -0.15) is 0 Å². The van der Waals surface area contributed by atoms with Crippen molar-refractivity contribution in [1.82, 2.24) is 9.88 Å². The van der Waals surface area contributed by atoms with Crippen LogP contribution >= 0.6 is 11.6 Å². The molecule has 1 fully saturated rings. The van der Waals surface area contributed by atoms with Crippen LogP contribution in [0, 0.1) is 0 Å². The summed E-state index contributed by atoms with van der Waals surface area (Å²) in [5.41, 5.74) is 6.54. The van der Waals surface area contributed by atoms with Crippen molar-refractivity contribution in [2.75, 3.05) is 38.1 Å². The predicted octanol–water partition coefficient (Wildman–Crippen LogP) is 1.73. The van der Waals surface area contributed by atoms with E-state index in [0.29, 0.717) is 11.6 Å². The third-order valence-electron chi connectivity index (χ3n) is 3.43. The largest absolute Gasteiger partial charge is 0.357 e. The number of hydrogen-bond acceptors (Lipinski definition) is 4. The summed E-state index contributed by atoms with van der Waals surface area (Å²) in [6.45, 7) is 4.95. The summed E-state index contributed by atoms with van der Waals surface area (Å²) < 4.78 is 0. The van der Waals surface area contributed by atoms with Gasteiger partial charge in [0.2, 0.25) is 0 Å². The summed E-state index contributed by atoms with van der Waals surface area (Å²) >= 11 is 6.23. The smallest absolute Gasteiger partial charge is 0.147 e. The van der Waals surface area contributed by atoms with E-state index < -0.39 is 0 Å². The number of nitrogens with zero attached hydrogens (tertiary/aromatic N) is 3. The summed E-state index contributed by atoms with van der Waals surface area (Å²) in [4.78, 5) is 8.99. The Bertz CT molecular complexity index is 391. The van der Waals surface area contributed by atoms with E-state index in [1.165, 1.54) is 25.9 Å². The molecule has 100 valence electrons. The minimum absolute atomic E-state index is 0.477. The van der Waals surface area contributed by atoms with E-state index in [2.05, 4.69) is 14.8 Å². The number of aromatic nitrogens is 1. The van der Waals surface area contributed by atoms with Gasteiger partial charge in [-0.25, -0.2) is 4.98 Å². The van der Waals surface area contributed by atoms with Crippen LogP contribution in [-0.4, -0.2) is 43.1 Å². The average molecular weight is 269 g/mol. The van der Waals surface area contributed by atoms with Crippen molar-refractivity contribution in [3.8, 4) is 0 Å². The van der Waals surface area contributed by atoms with Gasteiger partial charge in [-0.3, -0.25) is 0 Å². The molecule has 1 aliphatic rings. The summed E-state index contributed by atoms with van der Waals surface area (Å²) in [6.07, 6.45) is 4.45. The second-order valence-corrected chi connectivity index (χ2v) is 5.23. The van der Waals surface area contributed by atoms with E-state index in [1.54, 1.807) is 6.20 Å². The summed E-state index contributed by atoms with van der Waals surface area (Å²) in [7, 11) is 2.03. The predicted molar refractivity (Wildman–Crippen MR) is 76.1 cm³/mol. The lowest BCUT2D eigenvalue weighted by atomic mass is 10.3. The molecule has 1 aromatic rings. The molecule has 0 saturated carbocycles. The van der Waals surface area contributed by atoms with Gasteiger partial charge in [-0.15, -0.1) is 0 Å². The molecular weight excluding hydrogens is 248 g/mol.